The van der Waals surface area contributed by atoms with Gasteiger partial charge < -0.3 is 16.0 Å². The molecule has 0 aliphatic rings. The highest BCUT2D eigenvalue weighted by atomic mass is 35.5. The summed E-state index contributed by atoms with van der Waals surface area (Å²) in [6.07, 6.45) is -4.30. The molecule has 2 rings (SSSR count). The molecule has 0 spiro atoms. The van der Waals surface area contributed by atoms with E-state index in [1.165, 1.54) is 6.07 Å². The van der Waals surface area contributed by atoms with Crippen molar-refractivity contribution in [3.63, 3.8) is 0 Å². The summed E-state index contributed by atoms with van der Waals surface area (Å²) in [5.74, 6) is -0.351. The molecule has 142 valence electrons. The summed E-state index contributed by atoms with van der Waals surface area (Å²) in [6, 6.07) is 12.7. The van der Waals surface area contributed by atoms with Crippen LogP contribution in [0.5, 0.6) is 0 Å². The molecule has 0 atom stereocenters. The van der Waals surface area contributed by atoms with Crippen LogP contribution >= 0.6 is 12.4 Å². The third kappa shape index (κ3) is 6.57. The Labute approximate surface area is 156 Å². The summed E-state index contributed by atoms with van der Waals surface area (Å²) >= 11 is 0. The lowest BCUT2D eigenvalue weighted by Gasteiger charge is -2.16. The van der Waals surface area contributed by atoms with Crippen LogP contribution in [-0.4, -0.2) is 19.5 Å². The number of nitrogens with one attached hydrogen (secondary N) is 3. The summed E-state index contributed by atoms with van der Waals surface area (Å²) in [7, 11) is 1.70. The maximum atomic E-state index is 12.9. The number of alkyl halides is 3. The number of carbonyl (C=O) groups is 1. The molecule has 0 saturated carbocycles. The fourth-order valence-electron chi connectivity index (χ4n) is 2.22. The normalized spacial score (nSPS) is 10.8. The van der Waals surface area contributed by atoms with Gasteiger partial charge in [0.25, 0.3) is 0 Å². The predicted molar refractivity (Wildman–Crippen MR) is 99.6 cm³/mol. The minimum absolute atomic E-state index is 0. The maximum Gasteiger partial charge on any atom is 0.416 e. The van der Waals surface area contributed by atoms with Crippen LogP contribution in [0.3, 0.4) is 0 Å². The van der Waals surface area contributed by atoms with E-state index in [0.717, 1.165) is 17.7 Å². The van der Waals surface area contributed by atoms with Crippen molar-refractivity contribution < 1.29 is 18.0 Å². The van der Waals surface area contributed by atoms with Crippen LogP contribution in [0.1, 0.15) is 17.5 Å². The molecule has 0 fully saturated rings. The third-order valence-corrected chi connectivity index (χ3v) is 3.55. The Morgan fingerprint density at radius 3 is 2.35 bits per heavy atom. The van der Waals surface area contributed by atoms with E-state index in [1.54, 1.807) is 7.05 Å². The van der Waals surface area contributed by atoms with Gasteiger partial charge in [0.2, 0.25) is 5.91 Å². The van der Waals surface area contributed by atoms with Gasteiger partial charge in [-0.25, -0.2) is 0 Å². The summed E-state index contributed by atoms with van der Waals surface area (Å²) < 4.78 is 38.8. The molecular formula is C18H21ClF3N3O. The highest BCUT2D eigenvalue weighted by Crippen LogP contribution is 2.34. The summed E-state index contributed by atoms with van der Waals surface area (Å²) in [5.41, 5.74) is 0.734. The van der Waals surface area contributed by atoms with E-state index < -0.39 is 11.7 Å². The monoisotopic (exact) mass is 387 g/mol. The lowest BCUT2D eigenvalue weighted by atomic mass is 10.1. The molecule has 0 heterocycles. The Morgan fingerprint density at radius 1 is 1.04 bits per heavy atom. The average Bonchev–Trinajstić information content (AvgIpc) is 2.59. The highest BCUT2D eigenvalue weighted by molar-refractivity contribution is 5.94. The Kier molecular flexibility index (Phi) is 8.41. The minimum atomic E-state index is -4.47. The second-order valence-electron chi connectivity index (χ2n) is 5.50. The number of amides is 1. The number of halogens is 4. The minimum Gasteiger partial charge on any atom is -0.379 e. The summed E-state index contributed by atoms with van der Waals surface area (Å²) in [6.45, 7) is 0.878. The lowest BCUT2D eigenvalue weighted by Crippen LogP contribution is -2.20. The van der Waals surface area contributed by atoms with E-state index in [1.807, 2.05) is 30.3 Å². The molecule has 8 heteroatoms. The van der Waals surface area contributed by atoms with Crippen molar-refractivity contribution in [3.05, 3.63) is 59.7 Å². The molecule has 0 saturated heterocycles. The zero-order valence-electron chi connectivity index (χ0n) is 14.2. The molecule has 4 nitrogen and oxygen atoms in total. The standard InChI is InChI=1S/C18H20F3N3O.ClH/c1-22-10-9-17(25)24-16-11-14(18(19,20)21)7-8-15(16)23-12-13-5-3-2-4-6-13;/h2-8,11,22-23H,9-10,12H2,1H3,(H,24,25);1H. The van der Waals surface area contributed by atoms with E-state index in [0.29, 0.717) is 18.8 Å². The van der Waals surface area contributed by atoms with E-state index in [2.05, 4.69) is 16.0 Å². The second-order valence-corrected chi connectivity index (χ2v) is 5.50. The van der Waals surface area contributed by atoms with Gasteiger partial charge in [-0.3, -0.25) is 4.79 Å². The SMILES string of the molecule is CNCCC(=O)Nc1cc(C(F)(F)F)ccc1NCc1ccccc1.Cl. The van der Waals surface area contributed by atoms with Crippen molar-refractivity contribution in [2.75, 3.05) is 24.2 Å². The number of rotatable bonds is 7. The zero-order valence-corrected chi connectivity index (χ0v) is 15.0. The average molecular weight is 388 g/mol. The topological polar surface area (TPSA) is 53.2 Å². The number of hydrogen-bond acceptors (Lipinski definition) is 3. The number of anilines is 2. The molecule has 2 aromatic carbocycles. The zero-order chi connectivity index (χ0) is 18.3. The van der Waals surface area contributed by atoms with Gasteiger partial charge in [0.05, 0.1) is 16.9 Å². The molecule has 0 aliphatic carbocycles. The van der Waals surface area contributed by atoms with Crippen molar-refractivity contribution >= 4 is 29.7 Å². The van der Waals surface area contributed by atoms with Gasteiger partial charge >= 0.3 is 6.18 Å². The van der Waals surface area contributed by atoms with Crippen LogP contribution in [0.4, 0.5) is 24.5 Å². The van der Waals surface area contributed by atoms with E-state index in [-0.39, 0.29) is 30.4 Å². The first-order chi connectivity index (χ1) is 11.9. The Morgan fingerprint density at radius 2 is 1.73 bits per heavy atom. The molecule has 0 aliphatic heterocycles. The van der Waals surface area contributed by atoms with Crippen molar-refractivity contribution in [1.82, 2.24) is 5.32 Å². The maximum absolute atomic E-state index is 12.9. The van der Waals surface area contributed by atoms with Crippen molar-refractivity contribution in [2.45, 2.75) is 19.1 Å². The first kappa shape index (κ1) is 21.8. The first-order valence-electron chi connectivity index (χ1n) is 7.83. The third-order valence-electron chi connectivity index (χ3n) is 3.55. The molecule has 0 aromatic heterocycles. The smallest absolute Gasteiger partial charge is 0.379 e. The van der Waals surface area contributed by atoms with Crippen LogP contribution in [0.25, 0.3) is 0 Å². The van der Waals surface area contributed by atoms with Gasteiger partial charge in [0.1, 0.15) is 0 Å². The second kappa shape index (κ2) is 10.0. The number of carbonyl (C=O) groups excluding carboxylic acids is 1. The summed E-state index contributed by atoms with van der Waals surface area (Å²) in [4.78, 5) is 11.9. The number of hydrogen-bond donors (Lipinski definition) is 3. The van der Waals surface area contributed by atoms with Gasteiger partial charge in [0, 0.05) is 19.5 Å². The van der Waals surface area contributed by atoms with E-state index >= 15 is 0 Å². The Bertz CT molecular complexity index is 709. The van der Waals surface area contributed by atoms with Crippen LogP contribution in [0.15, 0.2) is 48.5 Å². The lowest BCUT2D eigenvalue weighted by molar-refractivity contribution is -0.137. The van der Waals surface area contributed by atoms with Gasteiger partial charge in [0.15, 0.2) is 0 Å². The number of benzene rings is 2. The summed E-state index contributed by atoms with van der Waals surface area (Å²) in [5, 5.41) is 8.45. The molecule has 1 amide bonds. The Balaban J connectivity index is 0.00000338. The van der Waals surface area contributed by atoms with Crippen LogP contribution < -0.4 is 16.0 Å². The molecule has 26 heavy (non-hydrogen) atoms. The highest BCUT2D eigenvalue weighted by Gasteiger charge is 2.31. The van der Waals surface area contributed by atoms with E-state index in [9.17, 15) is 18.0 Å². The Hall–Kier alpha value is -2.25. The fraction of sp³-hybridized carbons (Fsp3) is 0.278. The molecule has 0 unspecified atom stereocenters. The largest absolute Gasteiger partial charge is 0.416 e. The predicted octanol–water partition coefficient (Wildman–Crippen LogP) is 4.29. The van der Waals surface area contributed by atoms with Gasteiger partial charge in [-0.1, -0.05) is 30.3 Å². The molecule has 2 aromatic rings. The quantitative estimate of drug-likeness (QED) is 0.664. The van der Waals surface area contributed by atoms with Crippen LogP contribution in [0, 0.1) is 0 Å². The fourth-order valence-corrected chi connectivity index (χ4v) is 2.22. The van der Waals surface area contributed by atoms with Crippen LogP contribution in [-0.2, 0) is 17.5 Å². The van der Waals surface area contributed by atoms with Gasteiger partial charge in [-0.2, -0.15) is 13.2 Å². The van der Waals surface area contributed by atoms with Crippen molar-refractivity contribution in [1.29, 1.82) is 0 Å². The van der Waals surface area contributed by atoms with Gasteiger partial charge in [-0.05, 0) is 30.8 Å². The van der Waals surface area contributed by atoms with E-state index in [4.69, 9.17) is 0 Å². The van der Waals surface area contributed by atoms with Gasteiger partial charge in [-0.15, -0.1) is 12.4 Å². The first-order valence-corrected chi connectivity index (χ1v) is 7.83. The van der Waals surface area contributed by atoms with Crippen LogP contribution in [0.2, 0.25) is 0 Å². The molecule has 0 radical (unpaired) electrons. The molecular weight excluding hydrogens is 367 g/mol. The molecule has 0 bridgehead atoms. The van der Waals surface area contributed by atoms with Crippen molar-refractivity contribution in [2.24, 2.45) is 0 Å². The molecule has 3 N–H and O–H groups in total. The van der Waals surface area contributed by atoms with Crippen molar-refractivity contribution in [3.8, 4) is 0 Å².